The molecule has 0 bridgehead atoms. The first-order valence-electron chi connectivity index (χ1n) is 10.2. The number of aromatic hydroxyl groups is 1. The van der Waals surface area contributed by atoms with Crippen LogP contribution in [-0.4, -0.2) is 21.2 Å². The summed E-state index contributed by atoms with van der Waals surface area (Å²) in [6.45, 7) is 0. The maximum atomic E-state index is 10.1. The van der Waals surface area contributed by atoms with E-state index in [1.165, 1.54) is 56.6 Å². The van der Waals surface area contributed by atoms with E-state index >= 15 is 0 Å². The van der Waals surface area contributed by atoms with Crippen molar-refractivity contribution in [1.82, 2.24) is 4.57 Å². The van der Waals surface area contributed by atoms with E-state index in [4.69, 9.17) is 0 Å². The molecule has 0 radical (unpaired) electrons. The number of rotatable bonds is 2. The summed E-state index contributed by atoms with van der Waals surface area (Å²) in [7, 11) is 0.436. The largest absolute Gasteiger partial charge is 0.508 e. The van der Waals surface area contributed by atoms with Crippen molar-refractivity contribution in [2.45, 2.75) is 17.7 Å². The molecule has 3 heteroatoms. The Balaban J connectivity index is 1.62. The van der Waals surface area contributed by atoms with Crippen LogP contribution in [0.1, 0.15) is 12.8 Å². The maximum absolute atomic E-state index is 10.1. The molecule has 5 aromatic rings. The monoisotopic (exact) mass is 396 g/mol. The molecule has 1 aliphatic rings. The van der Waals surface area contributed by atoms with Crippen LogP contribution in [0.25, 0.3) is 38.3 Å². The van der Waals surface area contributed by atoms with Gasteiger partial charge in [0.25, 0.3) is 0 Å². The van der Waals surface area contributed by atoms with Gasteiger partial charge in [-0.15, -0.1) is 0 Å². The van der Waals surface area contributed by atoms with Crippen molar-refractivity contribution in [3.8, 4) is 11.4 Å². The van der Waals surface area contributed by atoms with Crippen molar-refractivity contribution in [3.05, 3.63) is 78.9 Å². The number of nitrogens with zero attached hydrogens (tertiary/aromatic N) is 1. The van der Waals surface area contributed by atoms with Gasteiger partial charge in [-0.2, -0.15) is 0 Å². The van der Waals surface area contributed by atoms with Crippen molar-refractivity contribution in [1.29, 1.82) is 0 Å². The summed E-state index contributed by atoms with van der Waals surface area (Å²) in [5, 5.41) is 14.9. The van der Waals surface area contributed by atoms with Crippen molar-refractivity contribution >= 4 is 43.5 Å². The van der Waals surface area contributed by atoms with Gasteiger partial charge < -0.3 is 9.67 Å². The Morgan fingerprint density at radius 2 is 1.38 bits per heavy atom. The van der Waals surface area contributed by atoms with Crippen LogP contribution in [0.5, 0.6) is 5.75 Å². The Morgan fingerprint density at radius 1 is 0.690 bits per heavy atom. The molecule has 1 aromatic heterocycles. The Kier molecular flexibility index (Phi) is 3.85. The summed E-state index contributed by atoms with van der Waals surface area (Å²) in [5.74, 6) is 3.00. The number of phenols is 1. The highest BCUT2D eigenvalue weighted by molar-refractivity contribution is 7.97. The van der Waals surface area contributed by atoms with Gasteiger partial charge in [-0.25, -0.2) is 0 Å². The highest BCUT2D eigenvalue weighted by Crippen LogP contribution is 2.36. The number of hydrogen-bond donors (Lipinski definition) is 1. The molecule has 142 valence electrons. The molecule has 4 aromatic carbocycles. The summed E-state index contributed by atoms with van der Waals surface area (Å²) < 4.78 is 2.33. The predicted molar refractivity (Wildman–Crippen MR) is 125 cm³/mol. The van der Waals surface area contributed by atoms with Crippen LogP contribution in [0.3, 0.4) is 0 Å². The highest BCUT2D eigenvalue weighted by atomic mass is 32.2. The van der Waals surface area contributed by atoms with Gasteiger partial charge >= 0.3 is 0 Å². The van der Waals surface area contributed by atoms with Gasteiger partial charge in [0, 0.05) is 27.4 Å². The minimum absolute atomic E-state index is 0.308. The normalized spacial score (nSPS) is 15.0. The van der Waals surface area contributed by atoms with E-state index in [2.05, 4.69) is 65.2 Å². The molecule has 0 aliphatic carbocycles. The number of phenolic OH excluding ortho intramolecular Hbond substituents is 1. The lowest BCUT2D eigenvalue weighted by molar-refractivity contribution is 0.476. The van der Waals surface area contributed by atoms with Crippen molar-refractivity contribution in [3.63, 3.8) is 0 Å². The molecule has 6 rings (SSSR count). The van der Waals surface area contributed by atoms with E-state index in [1.54, 1.807) is 6.07 Å². The Bertz CT molecular complexity index is 1360. The molecule has 2 heterocycles. The molecule has 1 N–H and O–H groups in total. The topological polar surface area (TPSA) is 25.2 Å². The zero-order valence-electron chi connectivity index (χ0n) is 16.1. The second-order valence-electron chi connectivity index (χ2n) is 7.86. The van der Waals surface area contributed by atoms with Crippen molar-refractivity contribution < 1.29 is 5.11 Å². The fraction of sp³-hybridized carbons (Fsp3) is 0.154. The van der Waals surface area contributed by atoms with Gasteiger partial charge in [0.1, 0.15) is 17.3 Å². The fourth-order valence-electron chi connectivity index (χ4n) is 4.65. The highest BCUT2D eigenvalue weighted by Gasteiger charge is 2.26. The average Bonchev–Trinajstić information content (AvgIpc) is 3.39. The molecule has 0 amide bonds. The van der Waals surface area contributed by atoms with Crippen LogP contribution < -0.4 is 0 Å². The molecule has 1 saturated heterocycles. The third kappa shape index (κ3) is 2.72. The van der Waals surface area contributed by atoms with E-state index in [0.717, 1.165) is 10.9 Å². The lowest BCUT2D eigenvalue weighted by Gasteiger charge is -2.09. The van der Waals surface area contributed by atoms with Gasteiger partial charge in [-0.1, -0.05) is 24.3 Å². The summed E-state index contributed by atoms with van der Waals surface area (Å²) in [6.07, 6.45) is 2.74. The fourth-order valence-corrected chi connectivity index (χ4v) is 6.95. The lowest BCUT2D eigenvalue weighted by Crippen LogP contribution is -2.04. The zero-order chi connectivity index (χ0) is 19.4. The minimum atomic E-state index is 0.308. The first kappa shape index (κ1) is 17.0. The van der Waals surface area contributed by atoms with Gasteiger partial charge in [0.15, 0.2) is 4.90 Å². The molecule has 0 saturated carbocycles. The second kappa shape index (κ2) is 6.57. The summed E-state index contributed by atoms with van der Waals surface area (Å²) in [6, 6.07) is 27.9. The van der Waals surface area contributed by atoms with Crippen LogP contribution in [0, 0.1) is 0 Å². The SMILES string of the molecule is Oc1ccc2c(c1)c1cc3ccccc3cc1n2-c1ccc([S+]2CCCC2)cc1. The van der Waals surface area contributed by atoms with Gasteiger partial charge in [0.05, 0.1) is 11.0 Å². The summed E-state index contributed by atoms with van der Waals surface area (Å²) in [5.41, 5.74) is 3.49. The molecule has 0 unspecified atom stereocenters. The number of aromatic nitrogens is 1. The molecule has 2 nitrogen and oxygen atoms in total. The third-order valence-corrected chi connectivity index (χ3v) is 8.58. The van der Waals surface area contributed by atoms with E-state index in [-0.39, 0.29) is 0 Å². The molecule has 0 spiro atoms. The Hall–Kier alpha value is -2.91. The van der Waals surface area contributed by atoms with Crippen LogP contribution >= 0.6 is 0 Å². The van der Waals surface area contributed by atoms with Gasteiger partial charge in [-0.05, 0) is 78.2 Å². The van der Waals surface area contributed by atoms with Crippen LogP contribution in [0.15, 0.2) is 83.8 Å². The standard InChI is InChI=1S/C26H21NOS/c28-21-9-12-25-24(17-21)23-15-18-5-1-2-6-19(18)16-26(23)27(25)20-7-10-22(11-8-20)29-13-3-4-14-29/h1-2,5-12,15-17H,3-4,13-14H2/p+1. The molecular formula is C26H22NOS+. The van der Waals surface area contributed by atoms with Crippen molar-refractivity contribution in [2.24, 2.45) is 0 Å². The van der Waals surface area contributed by atoms with Crippen LogP contribution in [0.2, 0.25) is 0 Å². The van der Waals surface area contributed by atoms with E-state index < -0.39 is 0 Å². The van der Waals surface area contributed by atoms with E-state index in [1.807, 2.05) is 12.1 Å². The Morgan fingerprint density at radius 3 is 2.14 bits per heavy atom. The lowest BCUT2D eigenvalue weighted by atomic mass is 10.1. The van der Waals surface area contributed by atoms with Gasteiger partial charge in [-0.3, -0.25) is 0 Å². The summed E-state index contributed by atoms with van der Waals surface area (Å²) in [4.78, 5) is 1.50. The van der Waals surface area contributed by atoms with E-state index in [0.29, 0.717) is 16.6 Å². The Labute approximate surface area is 172 Å². The quantitative estimate of drug-likeness (QED) is 0.343. The van der Waals surface area contributed by atoms with E-state index in [9.17, 15) is 5.11 Å². The van der Waals surface area contributed by atoms with Crippen LogP contribution in [-0.2, 0) is 10.9 Å². The molecular weight excluding hydrogens is 374 g/mol. The molecule has 29 heavy (non-hydrogen) atoms. The number of fused-ring (bicyclic) bond motifs is 4. The zero-order valence-corrected chi connectivity index (χ0v) is 17.0. The molecule has 1 fully saturated rings. The number of hydrogen-bond acceptors (Lipinski definition) is 1. The van der Waals surface area contributed by atoms with Gasteiger partial charge in [0.2, 0.25) is 0 Å². The predicted octanol–water partition coefficient (Wildman–Crippen LogP) is 6.41. The third-order valence-electron chi connectivity index (χ3n) is 6.08. The number of benzene rings is 4. The average molecular weight is 397 g/mol. The first-order valence-corrected chi connectivity index (χ1v) is 11.8. The first-order chi connectivity index (χ1) is 14.3. The smallest absolute Gasteiger partial charge is 0.155 e. The molecule has 0 atom stereocenters. The second-order valence-corrected chi connectivity index (χ2v) is 10.1. The molecule has 1 aliphatic heterocycles. The maximum Gasteiger partial charge on any atom is 0.155 e. The minimum Gasteiger partial charge on any atom is -0.508 e. The van der Waals surface area contributed by atoms with Crippen LogP contribution in [0.4, 0.5) is 0 Å². The van der Waals surface area contributed by atoms with Crippen molar-refractivity contribution in [2.75, 3.05) is 11.5 Å². The summed E-state index contributed by atoms with van der Waals surface area (Å²) >= 11 is 0.